The Bertz CT molecular complexity index is 820. The van der Waals surface area contributed by atoms with Crippen molar-refractivity contribution in [2.75, 3.05) is 17.7 Å². The second-order valence-electron chi connectivity index (χ2n) is 4.95. The summed E-state index contributed by atoms with van der Waals surface area (Å²) >= 11 is 0. The Kier molecular flexibility index (Phi) is 4.67. The van der Waals surface area contributed by atoms with Gasteiger partial charge in [0.25, 0.3) is 5.91 Å². The van der Waals surface area contributed by atoms with Gasteiger partial charge in [0.2, 0.25) is 0 Å². The van der Waals surface area contributed by atoms with Gasteiger partial charge in [0, 0.05) is 5.69 Å². The van der Waals surface area contributed by atoms with E-state index in [1.54, 1.807) is 19.2 Å². The molecule has 0 bridgehead atoms. The van der Waals surface area contributed by atoms with E-state index in [-0.39, 0.29) is 11.6 Å². The number of ether oxygens (including phenoxy) is 1. The SMILES string of the molecule is COc1ccccc1Nc1ccc(C(=O)Nc2ccccc2)nn1. The lowest BCUT2D eigenvalue weighted by Gasteiger charge is -2.10. The fourth-order valence-electron chi connectivity index (χ4n) is 2.12. The molecule has 1 aromatic heterocycles. The lowest BCUT2D eigenvalue weighted by atomic mass is 10.3. The molecule has 0 fully saturated rings. The molecule has 120 valence electrons. The van der Waals surface area contributed by atoms with Gasteiger partial charge in [-0.05, 0) is 36.4 Å². The van der Waals surface area contributed by atoms with Gasteiger partial charge < -0.3 is 15.4 Å². The number of hydrogen-bond donors (Lipinski definition) is 2. The van der Waals surface area contributed by atoms with Crippen LogP contribution in [0.3, 0.4) is 0 Å². The number of para-hydroxylation sites is 3. The third kappa shape index (κ3) is 3.67. The number of carbonyl (C=O) groups excluding carboxylic acids is 1. The topological polar surface area (TPSA) is 76.1 Å². The largest absolute Gasteiger partial charge is 0.495 e. The van der Waals surface area contributed by atoms with Gasteiger partial charge in [0.15, 0.2) is 11.5 Å². The summed E-state index contributed by atoms with van der Waals surface area (Å²) < 4.78 is 5.27. The van der Waals surface area contributed by atoms with Crippen LogP contribution in [0.15, 0.2) is 66.7 Å². The van der Waals surface area contributed by atoms with Gasteiger partial charge in [-0.15, -0.1) is 10.2 Å². The fourth-order valence-corrected chi connectivity index (χ4v) is 2.12. The van der Waals surface area contributed by atoms with Crippen molar-refractivity contribution in [3.63, 3.8) is 0 Å². The van der Waals surface area contributed by atoms with E-state index in [1.807, 2.05) is 54.6 Å². The van der Waals surface area contributed by atoms with Gasteiger partial charge >= 0.3 is 0 Å². The molecule has 0 spiro atoms. The van der Waals surface area contributed by atoms with Crippen molar-refractivity contribution < 1.29 is 9.53 Å². The number of aromatic nitrogens is 2. The molecule has 0 aliphatic carbocycles. The zero-order chi connectivity index (χ0) is 16.8. The molecule has 6 heteroatoms. The molecule has 0 atom stereocenters. The molecule has 3 aromatic rings. The Morgan fingerprint density at radius 3 is 2.38 bits per heavy atom. The van der Waals surface area contributed by atoms with E-state index >= 15 is 0 Å². The van der Waals surface area contributed by atoms with Crippen LogP contribution in [0, 0.1) is 0 Å². The maximum Gasteiger partial charge on any atom is 0.276 e. The van der Waals surface area contributed by atoms with Crippen LogP contribution in [-0.4, -0.2) is 23.2 Å². The van der Waals surface area contributed by atoms with E-state index in [0.29, 0.717) is 17.3 Å². The maximum atomic E-state index is 12.1. The molecule has 0 aliphatic rings. The number of nitrogens with one attached hydrogen (secondary N) is 2. The summed E-state index contributed by atoms with van der Waals surface area (Å²) in [5.41, 5.74) is 1.72. The number of benzene rings is 2. The second-order valence-corrected chi connectivity index (χ2v) is 4.95. The molecule has 0 radical (unpaired) electrons. The quantitative estimate of drug-likeness (QED) is 0.752. The van der Waals surface area contributed by atoms with E-state index in [9.17, 15) is 4.79 Å². The highest BCUT2D eigenvalue weighted by atomic mass is 16.5. The Hall–Kier alpha value is -3.41. The first-order valence-corrected chi connectivity index (χ1v) is 7.36. The first-order chi connectivity index (χ1) is 11.8. The highest BCUT2D eigenvalue weighted by Crippen LogP contribution is 2.25. The van der Waals surface area contributed by atoms with Crippen molar-refractivity contribution in [2.24, 2.45) is 0 Å². The van der Waals surface area contributed by atoms with Crippen LogP contribution >= 0.6 is 0 Å². The summed E-state index contributed by atoms with van der Waals surface area (Å²) in [4.78, 5) is 12.1. The molecule has 0 unspecified atom stereocenters. The predicted octanol–water partition coefficient (Wildman–Crippen LogP) is 3.48. The highest BCUT2D eigenvalue weighted by molar-refractivity contribution is 6.02. The molecule has 0 aliphatic heterocycles. The van der Waals surface area contributed by atoms with Crippen molar-refractivity contribution in [3.8, 4) is 5.75 Å². The second kappa shape index (κ2) is 7.23. The summed E-state index contributed by atoms with van der Waals surface area (Å²) in [6.07, 6.45) is 0. The monoisotopic (exact) mass is 320 g/mol. The van der Waals surface area contributed by atoms with Gasteiger partial charge in [-0.1, -0.05) is 30.3 Å². The Labute approximate surface area is 139 Å². The van der Waals surface area contributed by atoms with Crippen LogP contribution in [0.2, 0.25) is 0 Å². The number of rotatable bonds is 5. The van der Waals surface area contributed by atoms with Crippen LogP contribution in [0.25, 0.3) is 0 Å². The van der Waals surface area contributed by atoms with Crippen LogP contribution in [0.4, 0.5) is 17.2 Å². The van der Waals surface area contributed by atoms with Crippen molar-refractivity contribution in [2.45, 2.75) is 0 Å². The van der Waals surface area contributed by atoms with Gasteiger partial charge in [-0.2, -0.15) is 0 Å². The minimum Gasteiger partial charge on any atom is -0.495 e. The van der Waals surface area contributed by atoms with E-state index < -0.39 is 0 Å². The third-order valence-corrected chi connectivity index (χ3v) is 3.30. The molecular weight excluding hydrogens is 304 g/mol. The summed E-state index contributed by atoms with van der Waals surface area (Å²) in [7, 11) is 1.60. The molecule has 0 saturated carbocycles. The van der Waals surface area contributed by atoms with Crippen LogP contribution in [-0.2, 0) is 0 Å². The average molecular weight is 320 g/mol. The van der Waals surface area contributed by atoms with E-state index in [0.717, 1.165) is 5.69 Å². The Morgan fingerprint density at radius 2 is 1.67 bits per heavy atom. The Balaban J connectivity index is 1.70. The fraction of sp³-hybridized carbons (Fsp3) is 0.0556. The number of anilines is 3. The molecule has 2 N–H and O–H groups in total. The van der Waals surface area contributed by atoms with Crippen molar-refractivity contribution in [3.05, 3.63) is 72.4 Å². The van der Waals surface area contributed by atoms with Crippen molar-refractivity contribution >= 4 is 23.1 Å². The van der Waals surface area contributed by atoms with Crippen molar-refractivity contribution in [1.29, 1.82) is 0 Å². The molecule has 2 aromatic carbocycles. The van der Waals surface area contributed by atoms with Crippen LogP contribution in [0.5, 0.6) is 5.75 Å². The molecular formula is C18H16N4O2. The normalized spacial score (nSPS) is 10.0. The summed E-state index contributed by atoms with van der Waals surface area (Å²) in [5, 5.41) is 13.9. The standard InChI is InChI=1S/C18H16N4O2/c1-24-16-10-6-5-9-14(16)20-17-12-11-15(21-22-17)18(23)19-13-7-3-2-4-8-13/h2-12H,1H3,(H,19,23)(H,20,22). The first kappa shape index (κ1) is 15.5. The van der Waals surface area contributed by atoms with Gasteiger partial charge in [0.1, 0.15) is 5.75 Å². The number of methoxy groups -OCH3 is 1. The molecule has 6 nitrogen and oxygen atoms in total. The van der Waals surface area contributed by atoms with E-state index in [4.69, 9.17) is 4.74 Å². The lowest BCUT2D eigenvalue weighted by Crippen LogP contribution is -2.14. The number of nitrogens with zero attached hydrogens (tertiary/aromatic N) is 2. The average Bonchev–Trinajstić information content (AvgIpc) is 2.63. The predicted molar refractivity (Wildman–Crippen MR) is 92.7 cm³/mol. The minimum atomic E-state index is -0.308. The van der Waals surface area contributed by atoms with Crippen molar-refractivity contribution in [1.82, 2.24) is 10.2 Å². The summed E-state index contributed by atoms with van der Waals surface area (Å²) in [6.45, 7) is 0. The van der Waals surface area contributed by atoms with Gasteiger partial charge in [-0.25, -0.2) is 0 Å². The van der Waals surface area contributed by atoms with Gasteiger partial charge in [-0.3, -0.25) is 4.79 Å². The Morgan fingerprint density at radius 1 is 0.917 bits per heavy atom. The molecule has 0 saturated heterocycles. The van der Waals surface area contributed by atoms with Gasteiger partial charge in [0.05, 0.1) is 12.8 Å². The maximum absolute atomic E-state index is 12.1. The van der Waals surface area contributed by atoms with Crippen LogP contribution in [0.1, 0.15) is 10.5 Å². The van der Waals surface area contributed by atoms with E-state index in [2.05, 4.69) is 20.8 Å². The zero-order valence-corrected chi connectivity index (χ0v) is 13.1. The number of carbonyl (C=O) groups is 1. The van der Waals surface area contributed by atoms with Crippen LogP contribution < -0.4 is 15.4 Å². The molecule has 24 heavy (non-hydrogen) atoms. The summed E-state index contributed by atoms with van der Waals surface area (Å²) in [5.74, 6) is 0.915. The zero-order valence-electron chi connectivity index (χ0n) is 13.1. The summed E-state index contributed by atoms with van der Waals surface area (Å²) in [6, 6.07) is 20.0. The minimum absolute atomic E-state index is 0.240. The number of amides is 1. The number of hydrogen-bond acceptors (Lipinski definition) is 5. The molecule has 1 heterocycles. The molecule has 3 rings (SSSR count). The first-order valence-electron chi connectivity index (χ1n) is 7.36. The smallest absolute Gasteiger partial charge is 0.276 e. The highest BCUT2D eigenvalue weighted by Gasteiger charge is 2.09. The lowest BCUT2D eigenvalue weighted by molar-refractivity contribution is 0.102. The third-order valence-electron chi connectivity index (χ3n) is 3.30. The molecule has 1 amide bonds. The van der Waals surface area contributed by atoms with E-state index in [1.165, 1.54) is 0 Å².